The molecule has 1 aliphatic carbocycles. The van der Waals surface area contributed by atoms with Crippen LogP contribution in [0.15, 0.2) is 28.8 Å². The molecule has 3 rings (SSSR count). The van der Waals surface area contributed by atoms with Crippen molar-refractivity contribution in [2.75, 3.05) is 0 Å². The predicted molar refractivity (Wildman–Crippen MR) is 80.2 cm³/mol. The van der Waals surface area contributed by atoms with Crippen LogP contribution in [0.5, 0.6) is 0 Å². The number of rotatable bonds is 6. The van der Waals surface area contributed by atoms with E-state index in [9.17, 15) is 9.59 Å². The zero-order valence-electron chi connectivity index (χ0n) is 12.7. The average Bonchev–Trinajstić information content (AvgIpc) is 3.25. The summed E-state index contributed by atoms with van der Waals surface area (Å²) in [5, 5.41) is 15.6. The molecule has 1 fully saturated rings. The molecule has 2 N–H and O–H groups in total. The Morgan fingerprint density at radius 1 is 1.35 bits per heavy atom. The summed E-state index contributed by atoms with van der Waals surface area (Å²) in [6.07, 6.45) is 1.62. The Balaban J connectivity index is 1.60. The molecular weight excluding hydrogens is 298 g/mol. The molecule has 7 heteroatoms. The number of aliphatic carboxylic acids is 1. The minimum atomic E-state index is -1.05. The fourth-order valence-corrected chi connectivity index (χ4v) is 2.44. The predicted octanol–water partition coefficient (Wildman–Crippen LogP) is 1.77. The molecule has 1 aliphatic rings. The number of hydrogen-bond donors (Lipinski definition) is 2. The summed E-state index contributed by atoms with van der Waals surface area (Å²) in [5.41, 5.74) is 1.67. The molecule has 0 bridgehead atoms. The quantitative estimate of drug-likeness (QED) is 0.787. The second-order valence-electron chi connectivity index (χ2n) is 5.71. The molecule has 1 aromatic heterocycles. The lowest BCUT2D eigenvalue weighted by Gasteiger charge is -2.12. The number of amides is 1. The van der Waals surface area contributed by atoms with Gasteiger partial charge in [-0.2, -0.15) is 4.98 Å². The van der Waals surface area contributed by atoms with Crippen LogP contribution in [0.25, 0.3) is 11.5 Å². The van der Waals surface area contributed by atoms with Crippen molar-refractivity contribution in [3.63, 3.8) is 0 Å². The van der Waals surface area contributed by atoms with Crippen molar-refractivity contribution in [1.29, 1.82) is 0 Å². The average molecular weight is 315 g/mol. The van der Waals surface area contributed by atoms with Gasteiger partial charge in [-0.25, -0.2) is 0 Å². The van der Waals surface area contributed by atoms with E-state index in [0.717, 1.165) is 24.0 Å². The maximum atomic E-state index is 12.0. The molecule has 120 valence electrons. The lowest BCUT2D eigenvalue weighted by molar-refractivity contribution is -0.147. The van der Waals surface area contributed by atoms with Crippen LogP contribution in [0.2, 0.25) is 0 Å². The summed E-state index contributed by atoms with van der Waals surface area (Å²) in [4.78, 5) is 27.3. The summed E-state index contributed by atoms with van der Waals surface area (Å²) >= 11 is 0. The lowest BCUT2D eigenvalue weighted by Crippen LogP contribution is -2.36. The van der Waals surface area contributed by atoms with Crippen LogP contribution in [-0.2, 0) is 16.1 Å². The fraction of sp³-hybridized carbons (Fsp3) is 0.375. The third kappa shape index (κ3) is 3.56. The Morgan fingerprint density at radius 3 is 2.57 bits per heavy atom. The Bertz CT molecular complexity index is 719. The van der Waals surface area contributed by atoms with E-state index < -0.39 is 17.8 Å². The van der Waals surface area contributed by atoms with Gasteiger partial charge in [0.25, 0.3) is 5.89 Å². The number of benzene rings is 1. The van der Waals surface area contributed by atoms with Gasteiger partial charge in [0.2, 0.25) is 5.91 Å². The normalized spacial score (nSPS) is 15.2. The molecule has 1 aromatic carbocycles. The van der Waals surface area contributed by atoms with Gasteiger partial charge >= 0.3 is 5.97 Å². The molecule has 0 aliphatic heterocycles. The number of carboxylic acids is 1. The van der Waals surface area contributed by atoms with Crippen LogP contribution in [0.3, 0.4) is 0 Å². The largest absolute Gasteiger partial charge is 0.481 e. The molecule has 1 saturated carbocycles. The third-order valence-electron chi connectivity index (χ3n) is 3.84. The van der Waals surface area contributed by atoms with Crippen molar-refractivity contribution in [1.82, 2.24) is 15.5 Å². The number of carbonyl (C=O) groups excluding carboxylic acids is 1. The van der Waals surface area contributed by atoms with Gasteiger partial charge in [0, 0.05) is 12.1 Å². The number of hydrogen-bond acceptors (Lipinski definition) is 5. The van der Waals surface area contributed by atoms with Crippen LogP contribution in [0.4, 0.5) is 0 Å². The second kappa shape index (κ2) is 6.20. The maximum Gasteiger partial charge on any atom is 0.316 e. The molecule has 1 amide bonds. The van der Waals surface area contributed by atoms with Gasteiger partial charge in [-0.1, -0.05) is 17.3 Å². The van der Waals surface area contributed by atoms with E-state index in [2.05, 4.69) is 15.5 Å². The first-order valence-corrected chi connectivity index (χ1v) is 7.45. The van der Waals surface area contributed by atoms with Gasteiger partial charge in [-0.05, 0) is 43.4 Å². The molecule has 1 unspecified atom stereocenters. The smallest absolute Gasteiger partial charge is 0.316 e. The highest BCUT2D eigenvalue weighted by molar-refractivity contribution is 5.97. The van der Waals surface area contributed by atoms with Crippen molar-refractivity contribution in [2.24, 2.45) is 11.8 Å². The first-order chi connectivity index (χ1) is 11.0. The number of nitrogens with zero attached hydrogens (tertiary/aromatic N) is 2. The topological polar surface area (TPSA) is 105 Å². The first kappa shape index (κ1) is 15.2. The van der Waals surface area contributed by atoms with Gasteiger partial charge in [0.1, 0.15) is 5.92 Å². The van der Waals surface area contributed by atoms with Crippen LogP contribution < -0.4 is 5.32 Å². The summed E-state index contributed by atoms with van der Waals surface area (Å²) in [6, 6.07) is 7.32. The molecule has 2 aromatic rings. The highest BCUT2D eigenvalue weighted by Gasteiger charge is 2.41. The molecule has 0 spiro atoms. The van der Waals surface area contributed by atoms with E-state index in [-0.39, 0.29) is 5.92 Å². The zero-order valence-corrected chi connectivity index (χ0v) is 12.7. The van der Waals surface area contributed by atoms with Gasteiger partial charge in [0.05, 0.1) is 0 Å². The maximum absolute atomic E-state index is 12.0. The minimum absolute atomic E-state index is 0.0179. The first-order valence-electron chi connectivity index (χ1n) is 7.45. The number of aryl methyl sites for hydroxylation is 1. The van der Waals surface area contributed by atoms with Crippen LogP contribution in [-0.4, -0.2) is 27.1 Å². The Morgan fingerprint density at radius 2 is 2.04 bits per heavy atom. The van der Waals surface area contributed by atoms with E-state index >= 15 is 0 Å². The number of nitrogens with one attached hydrogen (secondary N) is 1. The molecule has 23 heavy (non-hydrogen) atoms. The van der Waals surface area contributed by atoms with E-state index in [0.29, 0.717) is 18.3 Å². The SMILES string of the molecule is Cc1noc(-c2ccc(CNC(=O)C(C(=O)O)C3CC3)cc2)n1. The van der Waals surface area contributed by atoms with Gasteiger partial charge < -0.3 is 14.9 Å². The molecule has 0 radical (unpaired) electrons. The standard InChI is InChI=1S/C16H17N3O4/c1-9-18-15(23-19-9)12-4-2-10(3-5-12)8-17-14(20)13(16(21)22)11-6-7-11/h2-5,11,13H,6-8H2,1H3,(H,17,20)(H,21,22). The summed E-state index contributed by atoms with van der Waals surface area (Å²) in [6.45, 7) is 2.04. The third-order valence-corrected chi connectivity index (χ3v) is 3.84. The molecule has 0 saturated heterocycles. The Kier molecular flexibility index (Phi) is 4.10. The van der Waals surface area contributed by atoms with E-state index in [1.165, 1.54) is 0 Å². The van der Waals surface area contributed by atoms with Crippen LogP contribution in [0.1, 0.15) is 24.2 Å². The summed E-state index contributed by atoms with van der Waals surface area (Å²) in [5.74, 6) is -1.41. The van der Waals surface area contributed by atoms with Crippen molar-refractivity contribution in [3.8, 4) is 11.5 Å². The van der Waals surface area contributed by atoms with Crippen molar-refractivity contribution >= 4 is 11.9 Å². The zero-order chi connectivity index (χ0) is 16.4. The van der Waals surface area contributed by atoms with Gasteiger partial charge in [0.15, 0.2) is 5.82 Å². The molecule has 7 nitrogen and oxygen atoms in total. The molecular formula is C16H17N3O4. The highest BCUT2D eigenvalue weighted by atomic mass is 16.5. The Hall–Kier alpha value is -2.70. The van der Waals surface area contributed by atoms with Crippen LogP contribution in [0, 0.1) is 18.8 Å². The van der Waals surface area contributed by atoms with Crippen molar-refractivity contribution in [3.05, 3.63) is 35.7 Å². The van der Waals surface area contributed by atoms with E-state index in [1.54, 1.807) is 6.92 Å². The van der Waals surface area contributed by atoms with E-state index in [4.69, 9.17) is 9.63 Å². The minimum Gasteiger partial charge on any atom is -0.481 e. The number of aromatic nitrogens is 2. The van der Waals surface area contributed by atoms with Gasteiger partial charge in [-0.3, -0.25) is 9.59 Å². The number of carbonyl (C=O) groups is 2. The second-order valence-corrected chi connectivity index (χ2v) is 5.71. The summed E-state index contributed by atoms with van der Waals surface area (Å²) in [7, 11) is 0. The van der Waals surface area contributed by atoms with E-state index in [1.807, 2.05) is 24.3 Å². The molecule has 1 atom stereocenters. The Labute approximate surface area is 132 Å². The van der Waals surface area contributed by atoms with Gasteiger partial charge in [-0.15, -0.1) is 0 Å². The number of carboxylic acid groups (broad SMARTS) is 1. The van der Waals surface area contributed by atoms with Crippen molar-refractivity contribution < 1.29 is 19.2 Å². The highest BCUT2D eigenvalue weighted by Crippen LogP contribution is 2.37. The monoisotopic (exact) mass is 315 g/mol. The summed E-state index contributed by atoms with van der Waals surface area (Å²) < 4.78 is 5.08. The van der Waals surface area contributed by atoms with Crippen molar-refractivity contribution in [2.45, 2.75) is 26.3 Å². The van der Waals surface area contributed by atoms with Crippen LogP contribution >= 0.6 is 0 Å². The molecule has 1 heterocycles. The lowest BCUT2D eigenvalue weighted by atomic mass is 10.0. The fourth-order valence-electron chi connectivity index (χ4n) is 2.44.